The van der Waals surface area contributed by atoms with Gasteiger partial charge in [0, 0.05) is 49.4 Å². The van der Waals surface area contributed by atoms with Gasteiger partial charge in [-0.1, -0.05) is 0 Å². The van der Waals surface area contributed by atoms with Gasteiger partial charge in [0.25, 0.3) is 0 Å². The molecular formula is C20H21N5O5S. The lowest BCUT2D eigenvalue weighted by Crippen LogP contribution is -2.47. The van der Waals surface area contributed by atoms with Crippen LogP contribution in [-0.4, -0.2) is 74.8 Å². The van der Waals surface area contributed by atoms with Crippen LogP contribution >= 0.6 is 0 Å². The first kappa shape index (κ1) is 19.9. The maximum atomic E-state index is 11.9. The fourth-order valence-corrected chi connectivity index (χ4v) is 5.65. The van der Waals surface area contributed by atoms with Crippen LogP contribution in [0.25, 0.3) is 10.9 Å². The van der Waals surface area contributed by atoms with Crippen molar-refractivity contribution in [3.63, 3.8) is 0 Å². The van der Waals surface area contributed by atoms with Gasteiger partial charge in [0.15, 0.2) is 0 Å². The zero-order valence-electron chi connectivity index (χ0n) is 16.7. The smallest absolute Gasteiger partial charge is 0.415 e. The minimum Gasteiger partial charge on any atom is -0.464 e. The third-order valence-electron chi connectivity index (χ3n) is 5.88. The molecule has 31 heavy (non-hydrogen) atoms. The molecule has 0 spiro atoms. The Morgan fingerprint density at radius 2 is 2.03 bits per heavy atom. The van der Waals surface area contributed by atoms with Crippen LogP contribution < -0.4 is 4.74 Å². The maximum absolute atomic E-state index is 11.9. The third-order valence-corrected chi connectivity index (χ3v) is 7.18. The number of rotatable bonds is 5. The van der Waals surface area contributed by atoms with E-state index < -0.39 is 16.1 Å². The molecule has 1 N–H and O–H groups in total. The molecule has 11 heteroatoms. The molecule has 4 heterocycles. The molecule has 2 fully saturated rings. The normalized spacial score (nSPS) is 21.7. The Morgan fingerprint density at radius 3 is 2.74 bits per heavy atom. The lowest BCUT2D eigenvalue weighted by Gasteiger charge is -2.32. The van der Waals surface area contributed by atoms with E-state index in [0.717, 1.165) is 22.1 Å². The van der Waals surface area contributed by atoms with Crippen LogP contribution in [0.4, 0.5) is 4.79 Å². The van der Waals surface area contributed by atoms with Gasteiger partial charge >= 0.3 is 6.09 Å². The molecule has 2 aliphatic heterocycles. The number of carboxylic acid groups (broad SMARTS) is 1. The number of ether oxygens (including phenoxy) is 1. The summed E-state index contributed by atoms with van der Waals surface area (Å²) in [6.07, 6.45) is 4.01. The minimum absolute atomic E-state index is 0.0300. The topological polar surface area (TPSA) is 118 Å². The number of fused-ring (bicyclic) bond motifs is 3. The Balaban J connectivity index is 1.28. The number of aromatic nitrogens is 3. The lowest BCUT2D eigenvalue weighted by molar-refractivity contribution is 0.173. The standard InChI is InChI=1S/C20H21N5O5S/c1-31(28,29)25-11-15-8-16(25)10-23(15)9-14-7-19(22-12-21-14)30-17-2-3-18-13(6-17)4-5-24(18)20(26)27/h2-7,12,15-16H,8-11H2,1H3,(H,26,27)/t15-,16+/m1/s1. The van der Waals surface area contributed by atoms with Gasteiger partial charge in [-0.3, -0.25) is 9.47 Å². The van der Waals surface area contributed by atoms with Crippen LogP contribution in [0.5, 0.6) is 11.6 Å². The summed E-state index contributed by atoms with van der Waals surface area (Å²) in [4.78, 5) is 22.0. The largest absolute Gasteiger partial charge is 0.464 e. The second-order valence-corrected chi connectivity index (χ2v) is 9.88. The summed E-state index contributed by atoms with van der Waals surface area (Å²) in [6.45, 7) is 1.81. The van der Waals surface area contributed by atoms with E-state index in [9.17, 15) is 18.3 Å². The molecule has 10 nitrogen and oxygen atoms in total. The molecule has 5 rings (SSSR count). The molecule has 2 aromatic heterocycles. The molecule has 162 valence electrons. The highest BCUT2D eigenvalue weighted by atomic mass is 32.2. The summed E-state index contributed by atoms with van der Waals surface area (Å²) >= 11 is 0. The fourth-order valence-electron chi connectivity index (χ4n) is 4.51. The molecule has 2 bridgehead atoms. The molecule has 3 aromatic rings. The highest BCUT2D eigenvalue weighted by Crippen LogP contribution is 2.33. The van der Waals surface area contributed by atoms with E-state index in [-0.39, 0.29) is 12.1 Å². The first-order valence-corrected chi connectivity index (χ1v) is 11.7. The molecule has 2 atom stereocenters. The molecule has 0 amide bonds. The summed E-state index contributed by atoms with van der Waals surface area (Å²) in [5.74, 6) is 0.938. The minimum atomic E-state index is -3.16. The number of piperazine rings is 1. The van der Waals surface area contributed by atoms with E-state index in [4.69, 9.17) is 4.74 Å². The van der Waals surface area contributed by atoms with Crippen LogP contribution in [0.15, 0.2) is 42.9 Å². The average molecular weight is 443 g/mol. The molecule has 2 aliphatic rings. The van der Waals surface area contributed by atoms with Gasteiger partial charge in [-0.15, -0.1) is 0 Å². The molecule has 0 aliphatic carbocycles. The Morgan fingerprint density at radius 1 is 1.19 bits per heavy atom. The van der Waals surface area contributed by atoms with Crippen LogP contribution in [0.2, 0.25) is 0 Å². The van der Waals surface area contributed by atoms with Gasteiger partial charge in [-0.2, -0.15) is 4.31 Å². The molecule has 2 saturated heterocycles. The van der Waals surface area contributed by atoms with Crippen molar-refractivity contribution in [2.75, 3.05) is 19.3 Å². The van der Waals surface area contributed by atoms with Gasteiger partial charge in [0.2, 0.25) is 15.9 Å². The second kappa shape index (κ2) is 7.29. The van der Waals surface area contributed by atoms with Crippen molar-refractivity contribution in [2.45, 2.75) is 25.0 Å². The molecule has 1 aromatic carbocycles. The first-order chi connectivity index (χ1) is 14.8. The van der Waals surface area contributed by atoms with E-state index in [1.807, 2.05) is 0 Å². The van der Waals surface area contributed by atoms with Crippen LogP contribution in [0.3, 0.4) is 0 Å². The van der Waals surface area contributed by atoms with E-state index in [2.05, 4.69) is 14.9 Å². The number of hydrogen-bond donors (Lipinski definition) is 1. The molecule has 0 unspecified atom stereocenters. The van der Waals surface area contributed by atoms with Crippen molar-refractivity contribution >= 4 is 27.0 Å². The highest BCUT2D eigenvalue weighted by molar-refractivity contribution is 7.88. The van der Waals surface area contributed by atoms with Gasteiger partial charge in [-0.05, 0) is 30.7 Å². The second-order valence-electron chi connectivity index (χ2n) is 7.94. The van der Waals surface area contributed by atoms with Crippen molar-refractivity contribution in [3.05, 3.63) is 48.5 Å². The number of carbonyl (C=O) groups is 1. The van der Waals surface area contributed by atoms with Gasteiger partial charge in [0.1, 0.15) is 12.1 Å². The SMILES string of the molecule is CS(=O)(=O)N1C[C@H]2C[C@H]1CN2Cc1cc(Oc2ccc3c(ccn3C(=O)O)c2)ncn1. The number of likely N-dealkylation sites (tertiary alicyclic amines) is 1. The fraction of sp³-hybridized carbons (Fsp3) is 0.350. The number of hydrogen-bond acceptors (Lipinski definition) is 7. The molecule has 0 saturated carbocycles. The first-order valence-electron chi connectivity index (χ1n) is 9.82. The number of benzene rings is 1. The van der Waals surface area contributed by atoms with E-state index in [0.29, 0.717) is 36.8 Å². The van der Waals surface area contributed by atoms with E-state index in [1.54, 1.807) is 34.6 Å². The van der Waals surface area contributed by atoms with Crippen molar-refractivity contribution in [3.8, 4) is 11.6 Å². The van der Waals surface area contributed by atoms with Crippen LogP contribution in [0, 0.1) is 0 Å². The zero-order valence-corrected chi connectivity index (χ0v) is 17.6. The summed E-state index contributed by atoms with van der Waals surface area (Å²) in [6, 6.07) is 8.85. The number of nitrogens with zero attached hydrogens (tertiary/aromatic N) is 5. The van der Waals surface area contributed by atoms with Gasteiger partial charge in [0.05, 0.1) is 17.5 Å². The van der Waals surface area contributed by atoms with Crippen LogP contribution in [0.1, 0.15) is 12.1 Å². The summed E-state index contributed by atoms with van der Waals surface area (Å²) in [5.41, 5.74) is 1.37. The van der Waals surface area contributed by atoms with E-state index >= 15 is 0 Å². The Labute approximate surface area is 178 Å². The summed E-state index contributed by atoms with van der Waals surface area (Å²) in [5, 5.41) is 9.94. The summed E-state index contributed by atoms with van der Waals surface area (Å²) < 4.78 is 32.3. The number of sulfonamides is 1. The average Bonchev–Trinajstić information content (AvgIpc) is 3.41. The Kier molecular flexibility index (Phi) is 4.68. The lowest BCUT2D eigenvalue weighted by atomic mass is 10.2. The quantitative estimate of drug-likeness (QED) is 0.636. The Hall–Kier alpha value is -3.02. The predicted octanol–water partition coefficient (Wildman–Crippen LogP) is 1.97. The van der Waals surface area contributed by atoms with Crippen molar-refractivity contribution in [1.82, 2.24) is 23.7 Å². The van der Waals surface area contributed by atoms with Crippen molar-refractivity contribution in [2.24, 2.45) is 0 Å². The monoisotopic (exact) mass is 443 g/mol. The zero-order chi connectivity index (χ0) is 21.8. The Bertz CT molecular complexity index is 1270. The van der Waals surface area contributed by atoms with Gasteiger partial charge < -0.3 is 9.84 Å². The van der Waals surface area contributed by atoms with Crippen molar-refractivity contribution < 1.29 is 23.1 Å². The van der Waals surface area contributed by atoms with Gasteiger partial charge in [-0.25, -0.2) is 23.2 Å². The van der Waals surface area contributed by atoms with Crippen LogP contribution in [-0.2, 0) is 16.6 Å². The molecular weight excluding hydrogens is 422 g/mol. The maximum Gasteiger partial charge on any atom is 0.415 e. The third kappa shape index (κ3) is 3.75. The summed E-state index contributed by atoms with van der Waals surface area (Å²) in [7, 11) is -3.16. The van der Waals surface area contributed by atoms with Crippen molar-refractivity contribution in [1.29, 1.82) is 0 Å². The molecule has 0 radical (unpaired) electrons. The predicted molar refractivity (Wildman–Crippen MR) is 112 cm³/mol. The van der Waals surface area contributed by atoms with E-state index in [1.165, 1.54) is 18.8 Å². The highest BCUT2D eigenvalue weighted by Gasteiger charge is 2.46.